The SMILES string of the molecule is CCNC(=NCC(O)CS(=O)(=O)c1cccs1)N1CCN(c2ncccn2)CC1. The Morgan fingerprint density at radius 3 is 2.62 bits per heavy atom. The van der Waals surface area contributed by atoms with E-state index in [9.17, 15) is 13.5 Å². The predicted octanol–water partition coefficient (Wildman–Crippen LogP) is 0.460. The number of hydrogen-bond donors (Lipinski definition) is 2. The Morgan fingerprint density at radius 2 is 2.00 bits per heavy atom. The van der Waals surface area contributed by atoms with Crippen molar-refractivity contribution < 1.29 is 13.5 Å². The lowest BCUT2D eigenvalue weighted by molar-refractivity contribution is 0.205. The number of aliphatic imine (C=N–C) groups is 1. The molecule has 9 nitrogen and oxygen atoms in total. The second-order valence-corrected chi connectivity index (χ2v) is 9.79. The van der Waals surface area contributed by atoms with Crippen molar-refractivity contribution in [2.24, 2.45) is 4.99 Å². The first-order valence-corrected chi connectivity index (χ1v) is 12.0. The summed E-state index contributed by atoms with van der Waals surface area (Å²) >= 11 is 1.16. The minimum absolute atomic E-state index is 0.0228. The molecule has 2 aromatic heterocycles. The number of thiophene rings is 1. The molecule has 1 fully saturated rings. The molecule has 0 aliphatic carbocycles. The average Bonchev–Trinajstić information content (AvgIpc) is 3.28. The molecule has 2 aromatic rings. The monoisotopic (exact) mass is 438 g/mol. The molecule has 0 aromatic carbocycles. The summed E-state index contributed by atoms with van der Waals surface area (Å²) in [6.45, 7) is 5.65. The molecule has 3 rings (SSSR count). The summed E-state index contributed by atoms with van der Waals surface area (Å²) in [4.78, 5) is 17.3. The van der Waals surface area contributed by atoms with E-state index in [1.807, 2.05) is 6.92 Å². The van der Waals surface area contributed by atoms with Gasteiger partial charge >= 0.3 is 0 Å². The summed E-state index contributed by atoms with van der Waals surface area (Å²) in [5.74, 6) is 1.05. The standard InChI is InChI=1S/C18H26N6O3S2/c1-2-19-17(22-13-15(25)14-29(26,27)16-5-3-12-28-16)23-8-10-24(11-9-23)18-20-6-4-7-21-18/h3-7,12,15,25H,2,8-11,13-14H2,1H3,(H,19,22). The van der Waals surface area contributed by atoms with Gasteiger partial charge in [-0.1, -0.05) is 6.07 Å². The highest BCUT2D eigenvalue weighted by Crippen LogP contribution is 2.18. The van der Waals surface area contributed by atoms with Crippen molar-refractivity contribution in [1.82, 2.24) is 20.2 Å². The van der Waals surface area contributed by atoms with Crippen LogP contribution in [0.2, 0.25) is 0 Å². The van der Waals surface area contributed by atoms with Gasteiger partial charge in [0, 0.05) is 45.1 Å². The normalized spacial score (nSPS) is 16.7. The number of nitrogens with zero attached hydrogens (tertiary/aromatic N) is 5. The average molecular weight is 439 g/mol. The van der Waals surface area contributed by atoms with Gasteiger partial charge in [0.25, 0.3) is 0 Å². The zero-order valence-electron chi connectivity index (χ0n) is 16.3. The predicted molar refractivity (Wildman–Crippen MR) is 114 cm³/mol. The van der Waals surface area contributed by atoms with E-state index in [2.05, 4.69) is 30.1 Å². The Hall–Kier alpha value is -2.24. The van der Waals surface area contributed by atoms with Crippen LogP contribution in [0.15, 0.2) is 45.2 Å². The summed E-state index contributed by atoms with van der Waals surface area (Å²) < 4.78 is 24.9. The van der Waals surface area contributed by atoms with Crippen molar-refractivity contribution in [2.75, 3.05) is 49.9 Å². The number of sulfone groups is 1. The topological polar surface area (TPSA) is 111 Å². The highest BCUT2D eigenvalue weighted by atomic mass is 32.2. The van der Waals surface area contributed by atoms with Gasteiger partial charge in [0.2, 0.25) is 5.95 Å². The molecule has 0 bridgehead atoms. The molecule has 1 atom stereocenters. The van der Waals surface area contributed by atoms with Crippen LogP contribution in [0.3, 0.4) is 0 Å². The summed E-state index contributed by atoms with van der Waals surface area (Å²) in [5, 5.41) is 15.2. The number of rotatable bonds is 7. The number of aromatic nitrogens is 2. The molecular formula is C18H26N6O3S2. The maximum absolute atomic E-state index is 12.3. The van der Waals surface area contributed by atoms with Crippen molar-refractivity contribution >= 4 is 33.1 Å². The number of anilines is 1. The largest absolute Gasteiger partial charge is 0.390 e. The van der Waals surface area contributed by atoms with Gasteiger partial charge in [-0.2, -0.15) is 0 Å². The molecule has 2 N–H and O–H groups in total. The summed E-state index contributed by atoms with van der Waals surface area (Å²) in [5.41, 5.74) is 0. The zero-order valence-corrected chi connectivity index (χ0v) is 17.9. The van der Waals surface area contributed by atoms with E-state index >= 15 is 0 Å². The first kappa shape index (κ1) is 21.5. The lowest BCUT2D eigenvalue weighted by Gasteiger charge is -2.36. The fourth-order valence-electron chi connectivity index (χ4n) is 3.02. The summed E-state index contributed by atoms with van der Waals surface area (Å²) in [7, 11) is -3.49. The molecule has 0 spiro atoms. The van der Waals surface area contributed by atoms with E-state index in [1.165, 1.54) is 0 Å². The highest BCUT2D eigenvalue weighted by molar-refractivity contribution is 7.93. The van der Waals surface area contributed by atoms with E-state index in [-0.39, 0.29) is 16.5 Å². The molecule has 0 radical (unpaired) electrons. The second kappa shape index (κ2) is 9.99. The number of piperazine rings is 1. The van der Waals surface area contributed by atoms with Gasteiger partial charge in [0.1, 0.15) is 4.21 Å². The first-order valence-electron chi connectivity index (χ1n) is 9.49. The second-order valence-electron chi connectivity index (χ2n) is 6.58. The molecule has 11 heteroatoms. The van der Waals surface area contributed by atoms with Crippen molar-refractivity contribution in [3.05, 3.63) is 36.0 Å². The fourth-order valence-corrected chi connectivity index (χ4v) is 5.49. The summed E-state index contributed by atoms with van der Waals surface area (Å²) in [6.07, 6.45) is 2.40. The number of aliphatic hydroxyl groups excluding tert-OH is 1. The van der Waals surface area contributed by atoms with Gasteiger partial charge in [-0.25, -0.2) is 18.4 Å². The van der Waals surface area contributed by atoms with Gasteiger partial charge in [0.15, 0.2) is 15.8 Å². The number of guanidine groups is 1. The smallest absolute Gasteiger partial charge is 0.225 e. The minimum atomic E-state index is -3.49. The van der Waals surface area contributed by atoms with Gasteiger partial charge in [0.05, 0.1) is 18.4 Å². The van der Waals surface area contributed by atoms with E-state index in [1.54, 1.807) is 36.0 Å². The molecule has 29 heavy (non-hydrogen) atoms. The molecule has 1 aliphatic heterocycles. The van der Waals surface area contributed by atoms with Crippen molar-refractivity contribution in [1.29, 1.82) is 0 Å². The number of nitrogens with one attached hydrogen (secondary N) is 1. The minimum Gasteiger partial charge on any atom is -0.390 e. The van der Waals surface area contributed by atoms with Crippen LogP contribution < -0.4 is 10.2 Å². The van der Waals surface area contributed by atoms with Crippen molar-refractivity contribution in [2.45, 2.75) is 17.2 Å². The zero-order chi connectivity index (χ0) is 20.7. The molecule has 1 unspecified atom stereocenters. The Labute approximate surface area is 175 Å². The van der Waals surface area contributed by atoms with Crippen LogP contribution in [0.4, 0.5) is 5.95 Å². The summed E-state index contributed by atoms with van der Waals surface area (Å²) in [6, 6.07) is 5.03. The molecule has 3 heterocycles. The van der Waals surface area contributed by atoms with Crippen molar-refractivity contribution in [3.8, 4) is 0 Å². The third kappa shape index (κ3) is 5.87. The molecule has 158 valence electrons. The van der Waals surface area contributed by atoms with Crippen LogP contribution >= 0.6 is 11.3 Å². The first-order chi connectivity index (χ1) is 14.0. The van der Waals surface area contributed by atoms with Crippen LogP contribution in [-0.2, 0) is 9.84 Å². The van der Waals surface area contributed by atoms with Crippen LogP contribution in [-0.4, -0.2) is 85.5 Å². The fraction of sp³-hybridized carbons (Fsp3) is 0.500. The van der Waals surface area contributed by atoms with E-state index in [0.29, 0.717) is 18.5 Å². The lowest BCUT2D eigenvalue weighted by Crippen LogP contribution is -2.53. The quantitative estimate of drug-likeness (QED) is 0.474. The van der Waals surface area contributed by atoms with Crippen LogP contribution in [0, 0.1) is 0 Å². The van der Waals surface area contributed by atoms with Crippen LogP contribution in [0.1, 0.15) is 6.92 Å². The van der Waals surface area contributed by atoms with Gasteiger partial charge in [-0.3, -0.25) is 4.99 Å². The Morgan fingerprint density at radius 1 is 1.28 bits per heavy atom. The van der Waals surface area contributed by atoms with E-state index in [4.69, 9.17) is 0 Å². The lowest BCUT2D eigenvalue weighted by atomic mass is 10.3. The van der Waals surface area contributed by atoms with Gasteiger partial charge in [-0.15, -0.1) is 11.3 Å². The van der Waals surface area contributed by atoms with Crippen LogP contribution in [0.25, 0.3) is 0 Å². The number of aliphatic hydroxyl groups is 1. The Kier molecular flexibility index (Phi) is 7.40. The third-order valence-corrected chi connectivity index (χ3v) is 7.70. The maximum Gasteiger partial charge on any atom is 0.225 e. The maximum atomic E-state index is 12.3. The molecule has 0 amide bonds. The molecule has 1 saturated heterocycles. The van der Waals surface area contributed by atoms with E-state index < -0.39 is 15.9 Å². The van der Waals surface area contributed by atoms with Crippen molar-refractivity contribution in [3.63, 3.8) is 0 Å². The molecular weight excluding hydrogens is 412 g/mol. The molecule has 1 aliphatic rings. The number of hydrogen-bond acceptors (Lipinski definition) is 8. The van der Waals surface area contributed by atoms with Crippen LogP contribution in [0.5, 0.6) is 0 Å². The van der Waals surface area contributed by atoms with E-state index in [0.717, 1.165) is 37.5 Å². The van der Waals surface area contributed by atoms with Gasteiger partial charge in [-0.05, 0) is 24.4 Å². The van der Waals surface area contributed by atoms with Gasteiger partial charge < -0.3 is 20.2 Å². The highest BCUT2D eigenvalue weighted by Gasteiger charge is 2.23. The molecule has 0 saturated carbocycles. The Balaban J connectivity index is 1.57. The Bertz CT molecular complexity index is 882. The third-order valence-electron chi connectivity index (χ3n) is 4.41.